The van der Waals surface area contributed by atoms with Gasteiger partial charge in [0.1, 0.15) is 0 Å². The summed E-state index contributed by atoms with van der Waals surface area (Å²) < 4.78 is 0. The quantitative estimate of drug-likeness (QED) is 0.149. The second-order valence-corrected chi connectivity index (χ2v) is 0.748. The molecule has 0 aromatic heterocycles. The zero-order valence-electron chi connectivity index (χ0n) is 7.31. The summed E-state index contributed by atoms with van der Waals surface area (Å²) in [5.74, 6) is 0. The van der Waals surface area contributed by atoms with Crippen LogP contribution in [0.25, 0.3) is 0 Å². The molecule has 0 saturated carbocycles. The van der Waals surface area contributed by atoms with Crippen molar-refractivity contribution in [2.24, 2.45) is 0 Å². The molecular formula is Li2O13. The topological polar surface area (TPSA) is 148 Å². The SMILES string of the molecule is [Li+].[Li+].[O-]OOOOOOOOOOO[O-]. The van der Waals surface area contributed by atoms with Gasteiger partial charge >= 0.3 is 37.7 Å². The van der Waals surface area contributed by atoms with Crippen LogP contribution in [0.2, 0.25) is 0 Å². The van der Waals surface area contributed by atoms with Gasteiger partial charge < -0.3 is 10.5 Å². The Labute approximate surface area is 104 Å². The monoisotopic (exact) mass is 222 g/mol. The molecule has 0 N–H and O–H groups in total. The minimum absolute atomic E-state index is 0. The van der Waals surface area contributed by atoms with Crippen molar-refractivity contribution in [2.75, 3.05) is 0 Å². The first-order valence-electron chi connectivity index (χ1n) is 2.00. The van der Waals surface area contributed by atoms with Crippen molar-refractivity contribution in [1.82, 2.24) is 0 Å². The van der Waals surface area contributed by atoms with Gasteiger partial charge in [0.05, 0.1) is 0 Å². The summed E-state index contributed by atoms with van der Waals surface area (Å²) in [6, 6.07) is 0. The van der Waals surface area contributed by atoms with Gasteiger partial charge in [-0.15, -0.1) is 0 Å². The first kappa shape index (κ1) is 21.0. The predicted molar refractivity (Wildman–Crippen MR) is 11.9 cm³/mol. The Morgan fingerprint density at radius 1 is 0.400 bits per heavy atom. The van der Waals surface area contributed by atoms with Gasteiger partial charge in [-0.05, 0) is 45.3 Å². The van der Waals surface area contributed by atoms with E-state index >= 15 is 0 Å². The van der Waals surface area contributed by atoms with Crippen LogP contribution in [0.15, 0.2) is 0 Å². The molecule has 0 heterocycles. The van der Waals surface area contributed by atoms with Crippen molar-refractivity contribution in [3.63, 3.8) is 0 Å². The van der Waals surface area contributed by atoms with Crippen LogP contribution in [0.1, 0.15) is 0 Å². The van der Waals surface area contributed by atoms with Gasteiger partial charge in [0.2, 0.25) is 0 Å². The molecule has 0 aromatic rings. The van der Waals surface area contributed by atoms with Crippen LogP contribution >= 0.6 is 0 Å². The Balaban J connectivity index is -0.000000720. The van der Waals surface area contributed by atoms with Crippen molar-refractivity contribution in [3.05, 3.63) is 0 Å². The van der Waals surface area contributed by atoms with Crippen LogP contribution in [-0.2, 0) is 55.4 Å². The van der Waals surface area contributed by atoms with Crippen molar-refractivity contribution in [1.29, 1.82) is 0 Å². The fraction of sp³-hybridized carbons (Fsp3) is 0. The first-order valence-corrected chi connectivity index (χ1v) is 2.00. The van der Waals surface area contributed by atoms with E-state index in [1.807, 2.05) is 0 Å². The van der Waals surface area contributed by atoms with E-state index in [9.17, 15) is 0 Å². The fourth-order valence-corrected chi connectivity index (χ4v) is 0.102. The molecule has 0 aliphatic carbocycles. The Hall–Kier alpha value is 0.675. The smallest absolute Gasteiger partial charge is 0.689 e. The van der Waals surface area contributed by atoms with Crippen molar-refractivity contribution >= 4 is 0 Å². The summed E-state index contributed by atoms with van der Waals surface area (Å²) in [6.45, 7) is 0. The second-order valence-electron chi connectivity index (χ2n) is 0.748. The van der Waals surface area contributed by atoms with Gasteiger partial charge in [-0.25, -0.2) is 0 Å². The molecule has 80 valence electrons. The van der Waals surface area contributed by atoms with E-state index in [2.05, 4.69) is 55.4 Å². The van der Waals surface area contributed by atoms with E-state index in [0.717, 1.165) is 0 Å². The summed E-state index contributed by atoms with van der Waals surface area (Å²) in [5.41, 5.74) is 0. The minimum Gasteiger partial charge on any atom is -0.689 e. The summed E-state index contributed by atoms with van der Waals surface area (Å²) in [5, 5.41) is 52.5. The number of hydrogen-bond acceptors (Lipinski definition) is 13. The molecule has 0 unspecified atom stereocenters. The third-order valence-corrected chi connectivity index (χ3v) is 0.278. The molecule has 0 rings (SSSR count). The Kier molecular flexibility index (Phi) is 28.2. The van der Waals surface area contributed by atoms with Crippen LogP contribution in [0.5, 0.6) is 0 Å². The maximum Gasteiger partial charge on any atom is 1.00 e. The molecule has 15 heavy (non-hydrogen) atoms. The van der Waals surface area contributed by atoms with Gasteiger partial charge in [0, 0.05) is 0 Å². The molecule has 0 fully saturated rings. The standard InChI is InChI=1S/2Li.H2O13/c;;1-3-5-7-9-11-13-12-10-8-6-4-2/h;;1-2H/q2*+1;/p-2. The van der Waals surface area contributed by atoms with E-state index in [1.54, 1.807) is 0 Å². The number of hydrogen-bond donors (Lipinski definition) is 0. The first-order chi connectivity index (χ1) is 6.41. The average Bonchev–Trinajstić information content (AvgIpc) is 2.16. The molecule has 0 saturated heterocycles. The molecular weight excluding hydrogens is 222 g/mol. The van der Waals surface area contributed by atoms with Gasteiger partial charge in [-0.2, -0.15) is 0 Å². The molecule has 15 heteroatoms. The van der Waals surface area contributed by atoms with Crippen molar-refractivity contribution in [3.8, 4) is 0 Å². The summed E-state index contributed by atoms with van der Waals surface area (Å²) in [7, 11) is 0. The van der Waals surface area contributed by atoms with Crippen LogP contribution in [-0.4, -0.2) is 0 Å². The molecule has 0 aromatic carbocycles. The molecule has 13 nitrogen and oxygen atoms in total. The maximum atomic E-state index is 8.98. The molecule has 0 aliphatic rings. The maximum absolute atomic E-state index is 8.98. The molecule has 0 amide bonds. The molecule has 0 aliphatic heterocycles. The molecule has 0 radical (unpaired) electrons. The summed E-state index contributed by atoms with van der Waals surface area (Å²) in [4.78, 5) is 0. The van der Waals surface area contributed by atoms with E-state index in [4.69, 9.17) is 10.5 Å². The molecule has 0 spiro atoms. The third kappa shape index (κ3) is 20.7. The van der Waals surface area contributed by atoms with E-state index in [0.29, 0.717) is 0 Å². The summed E-state index contributed by atoms with van der Waals surface area (Å²) >= 11 is 0. The summed E-state index contributed by atoms with van der Waals surface area (Å²) in [6.07, 6.45) is 0. The van der Waals surface area contributed by atoms with E-state index < -0.39 is 0 Å². The zero-order valence-corrected chi connectivity index (χ0v) is 7.31. The largest absolute Gasteiger partial charge is 1.00 e. The van der Waals surface area contributed by atoms with Crippen LogP contribution in [0.3, 0.4) is 0 Å². The van der Waals surface area contributed by atoms with E-state index in [1.165, 1.54) is 0 Å². The average molecular weight is 222 g/mol. The Morgan fingerprint density at radius 3 is 0.800 bits per heavy atom. The fourth-order valence-electron chi connectivity index (χ4n) is 0.102. The normalized spacial score (nSPS) is 9.20. The van der Waals surface area contributed by atoms with Crippen molar-refractivity contribution < 1.29 is 104 Å². The number of rotatable bonds is 10. The zero-order chi connectivity index (χ0) is 9.78. The van der Waals surface area contributed by atoms with Gasteiger partial charge in [-0.3, -0.25) is 10.1 Å². The van der Waals surface area contributed by atoms with Gasteiger partial charge in [0.25, 0.3) is 0 Å². The van der Waals surface area contributed by atoms with Gasteiger partial charge in [0.15, 0.2) is 0 Å². The van der Waals surface area contributed by atoms with E-state index in [-0.39, 0.29) is 37.7 Å². The van der Waals surface area contributed by atoms with Crippen LogP contribution in [0, 0.1) is 0 Å². The predicted octanol–water partition coefficient (Wildman–Crippen LogP) is -9.12. The van der Waals surface area contributed by atoms with Gasteiger partial charge in [-0.1, -0.05) is 0 Å². The molecule has 0 atom stereocenters. The third-order valence-electron chi connectivity index (χ3n) is 0.278. The van der Waals surface area contributed by atoms with Crippen LogP contribution in [0.4, 0.5) is 0 Å². The Bertz CT molecular complexity index is 74.6. The van der Waals surface area contributed by atoms with Crippen LogP contribution < -0.4 is 48.2 Å². The minimum atomic E-state index is 0. The van der Waals surface area contributed by atoms with Crippen molar-refractivity contribution in [2.45, 2.75) is 0 Å². The molecule has 0 bridgehead atoms. The second kappa shape index (κ2) is 20.1. The Morgan fingerprint density at radius 2 is 0.600 bits per heavy atom.